The number of benzene rings is 1. The number of rotatable bonds is 8. The maximum atomic E-state index is 9.34. The summed E-state index contributed by atoms with van der Waals surface area (Å²) >= 11 is 0. The molecule has 142 valence electrons. The van der Waals surface area contributed by atoms with Gasteiger partial charge in [0.2, 0.25) is 0 Å². The Morgan fingerprint density at radius 1 is 1.27 bits per heavy atom. The van der Waals surface area contributed by atoms with Crippen LogP contribution in [-0.2, 0) is 20.0 Å². The second-order valence-corrected chi connectivity index (χ2v) is 6.89. The molecule has 1 aliphatic heterocycles. The highest BCUT2D eigenvalue weighted by molar-refractivity contribution is 5.28. The summed E-state index contributed by atoms with van der Waals surface area (Å²) < 4.78 is 7.56. The van der Waals surface area contributed by atoms with Crippen LogP contribution < -0.4 is 10.5 Å². The van der Waals surface area contributed by atoms with Crippen molar-refractivity contribution < 1.29 is 9.84 Å². The third-order valence-electron chi connectivity index (χ3n) is 4.70. The summed E-state index contributed by atoms with van der Waals surface area (Å²) in [6.45, 7) is 4.01. The second-order valence-electron chi connectivity index (χ2n) is 6.89. The molecule has 1 aliphatic rings. The molecular formula is C19H29N5O2. The Morgan fingerprint density at radius 2 is 2.08 bits per heavy atom. The molecule has 7 nitrogen and oxygen atoms in total. The molecule has 1 fully saturated rings. The number of aryl methyl sites for hydroxylation is 2. The van der Waals surface area contributed by atoms with Crippen LogP contribution in [0, 0.1) is 0 Å². The van der Waals surface area contributed by atoms with Gasteiger partial charge in [-0.25, -0.2) is 4.98 Å². The van der Waals surface area contributed by atoms with E-state index in [-0.39, 0.29) is 5.82 Å². The van der Waals surface area contributed by atoms with Gasteiger partial charge in [0.15, 0.2) is 12.1 Å². The molecule has 1 aromatic carbocycles. The van der Waals surface area contributed by atoms with Gasteiger partial charge < -0.3 is 9.84 Å². The van der Waals surface area contributed by atoms with Gasteiger partial charge in [-0.2, -0.15) is 5.10 Å². The predicted octanol–water partition coefficient (Wildman–Crippen LogP) is 1.76. The van der Waals surface area contributed by atoms with E-state index in [0.717, 1.165) is 31.0 Å². The fraction of sp³-hybridized carbons (Fsp3) is 0.579. The first-order valence-electron chi connectivity index (χ1n) is 9.39. The number of aliphatic hydroxyl groups excluding tert-OH is 1. The highest BCUT2D eigenvalue weighted by Gasteiger charge is 2.12. The lowest BCUT2D eigenvalue weighted by atomic mass is 10.1. The fourth-order valence-electron chi connectivity index (χ4n) is 3.31. The monoisotopic (exact) mass is 359 g/mol. The van der Waals surface area contributed by atoms with Gasteiger partial charge in [-0.15, -0.1) is 0 Å². The summed E-state index contributed by atoms with van der Waals surface area (Å²) in [5.74, 6) is 1.97. The number of hydrogen-bond acceptors (Lipinski definition) is 6. The van der Waals surface area contributed by atoms with Gasteiger partial charge in [0.1, 0.15) is 11.6 Å². The van der Waals surface area contributed by atoms with E-state index in [1.807, 2.05) is 6.07 Å². The van der Waals surface area contributed by atoms with Crippen LogP contribution >= 0.6 is 0 Å². The van der Waals surface area contributed by atoms with Crippen LogP contribution in [-0.4, -0.2) is 44.5 Å². The number of nitrogens with zero attached hydrogens (tertiary/aromatic N) is 4. The summed E-state index contributed by atoms with van der Waals surface area (Å²) in [5.41, 5.74) is 6.70. The van der Waals surface area contributed by atoms with Gasteiger partial charge in [0.05, 0.1) is 6.61 Å². The van der Waals surface area contributed by atoms with Crippen molar-refractivity contribution in [1.29, 1.82) is 0 Å². The van der Waals surface area contributed by atoms with E-state index in [4.69, 9.17) is 10.5 Å². The van der Waals surface area contributed by atoms with Gasteiger partial charge >= 0.3 is 0 Å². The lowest BCUT2D eigenvalue weighted by Gasteiger charge is -2.26. The molecule has 7 heteroatoms. The molecule has 2 heterocycles. The van der Waals surface area contributed by atoms with Crippen LogP contribution in [0.4, 0.5) is 0 Å². The zero-order chi connectivity index (χ0) is 18.4. The van der Waals surface area contributed by atoms with Crippen molar-refractivity contribution in [3.05, 3.63) is 41.5 Å². The van der Waals surface area contributed by atoms with Gasteiger partial charge in [-0.1, -0.05) is 18.6 Å². The Kier molecular flexibility index (Phi) is 6.60. The van der Waals surface area contributed by atoms with Gasteiger partial charge in [-0.3, -0.25) is 15.3 Å². The van der Waals surface area contributed by atoms with Gasteiger partial charge in [-0.05, 0) is 50.0 Å². The zero-order valence-electron chi connectivity index (χ0n) is 15.5. The number of ether oxygens (including phenoxy) is 1. The van der Waals surface area contributed by atoms with E-state index in [1.54, 1.807) is 11.7 Å². The molecule has 0 spiro atoms. The van der Waals surface area contributed by atoms with Crippen LogP contribution in [0.5, 0.6) is 5.75 Å². The summed E-state index contributed by atoms with van der Waals surface area (Å²) in [4.78, 5) is 6.76. The molecule has 0 radical (unpaired) electrons. The van der Waals surface area contributed by atoms with Crippen molar-refractivity contribution in [3.8, 4) is 5.75 Å². The minimum absolute atomic E-state index is 0.258. The normalized spacial score (nSPS) is 16.6. The van der Waals surface area contributed by atoms with Crippen LogP contribution in [0.1, 0.15) is 49.1 Å². The molecule has 3 rings (SSSR count). The first kappa shape index (κ1) is 18.8. The minimum Gasteiger partial charge on any atom is -0.494 e. The third kappa shape index (κ3) is 5.27. The summed E-state index contributed by atoms with van der Waals surface area (Å²) in [7, 11) is 1.80. The predicted molar refractivity (Wildman–Crippen MR) is 99.5 cm³/mol. The largest absolute Gasteiger partial charge is 0.494 e. The van der Waals surface area contributed by atoms with E-state index < -0.39 is 6.23 Å². The number of aliphatic hydroxyl groups is 1. The maximum Gasteiger partial charge on any atom is 0.194 e. The molecular weight excluding hydrogens is 330 g/mol. The standard InChI is InChI=1S/C19H29N5O2/c1-23-17(21-19(22-23)18(20)25)9-6-12-26-16-8-5-7-15(13-16)14-24-10-3-2-4-11-24/h5,7-8,13,18,25H,2-4,6,9-12,14,20H2,1H3. The Labute approximate surface area is 154 Å². The molecule has 1 aromatic heterocycles. The van der Waals surface area contributed by atoms with E-state index in [0.29, 0.717) is 6.61 Å². The van der Waals surface area contributed by atoms with Crippen LogP contribution in [0.25, 0.3) is 0 Å². The smallest absolute Gasteiger partial charge is 0.194 e. The maximum absolute atomic E-state index is 9.34. The molecule has 0 aliphatic carbocycles. The molecule has 0 amide bonds. The molecule has 0 saturated carbocycles. The van der Waals surface area contributed by atoms with Crippen molar-refractivity contribution in [2.24, 2.45) is 12.8 Å². The Balaban J connectivity index is 1.45. The number of piperidine rings is 1. The van der Waals surface area contributed by atoms with Crippen molar-refractivity contribution >= 4 is 0 Å². The fourth-order valence-corrected chi connectivity index (χ4v) is 3.31. The van der Waals surface area contributed by atoms with Crippen LogP contribution in [0.3, 0.4) is 0 Å². The first-order chi connectivity index (χ1) is 12.6. The van der Waals surface area contributed by atoms with Crippen molar-refractivity contribution in [3.63, 3.8) is 0 Å². The molecule has 1 unspecified atom stereocenters. The Hall–Kier alpha value is -1.96. The first-order valence-corrected chi connectivity index (χ1v) is 9.39. The zero-order valence-corrected chi connectivity index (χ0v) is 15.5. The van der Waals surface area contributed by atoms with E-state index in [2.05, 4.69) is 33.2 Å². The molecule has 2 aromatic rings. The quantitative estimate of drug-likeness (QED) is 0.551. The van der Waals surface area contributed by atoms with E-state index >= 15 is 0 Å². The third-order valence-corrected chi connectivity index (χ3v) is 4.70. The average Bonchev–Trinajstić information content (AvgIpc) is 3.01. The van der Waals surface area contributed by atoms with Crippen molar-refractivity contribution in [2.75, 3.05) is 19.7 Å². The highest BCUT2D eigenvalue weighted by atomic mass is 16.5. The summed E-state index contributed by atoms with van der Waals surface area (Å²) in [6, 6.07) is 8.37. The van der Waals surface area contributed by atoms with Crippen molar-refractivity contribution in [2.45, 2.75) is 44.9 Å². The summed E-state index contributed by atoms with van der Waals surface area (Å²) in [6.07, 6.45) is 4.39. The van der Waals surface area contributed by atoms with E-state index in [1.165, 1.54) is 37.9 Å². The van der Waals surface area contributed by atoms with Crippen molar-refractivity contribution in [1.82, 2.24) is 19.7 Å². The Bertz CT molecular complexity index is 695. The molecule has 1 saturated heterocycles. The van der Waals surface area contributed by atoms with E-state index in [9.17, 15) is 5.11 Å². The second kappa shape index (κ2) is 9.12. The topological polar surface area (TPSA) is 89.4 Å². The number of likely N-dealkylation sites (tertiary alicyclic amines) is 1. The SMILES string of the molecule is Cn1nc(C(N)O)nc1CCCOc1cccc(CN2CCCCC2)c1. The molecule has 0 bridgehead atoms. The average molecular weight is 359 g/mol. The lowest BCUT2D eigenvalue weighted by molar-refractivity contribution is 0.175. The molecule has 3 N–H and O–H groups in total. The Morgan fingerprint density at radius 3 is 2.81 bits per heavy atom. The summed E-state index contributed by atoms with van der Waals surface area (Å²) in [5, 5.41) is 13.4. The number of aromatic nitrogens is 3. The number of nitrogens with two attached hydrogens (primary N) is 1. The molecule has 1 atom stereocenters. The van der Waals surface area contributed by atoms with Gasteiger partial charge in [0.25, 0.3) is 0 Å². The lowest BCUT2D eigenvalue weighted by Crippen LogP contribution is -2.29. The number of hydrogen-bond donors (Lipinski definition) is 2. The minimum atomic E-state index is -1.13. The van der Waals surface area contributed by atoms with Crippen LogP contribution in [0.15, 0.2) is 24.3 Å². The van der Waals surface area contributed by atoms with Gasteiger partial charge in [0, 0.05) is 20.0 Å². The highest BCUT2D eigenvalue weighted by Crippen LogP contribution is 2.18. The van der Waals surface area contributed by atoms with Crippen LogP contribution in [0.2, 0.25) is 0 Å². The molecule has 26 heavy (non-hydrogen) atoms.